The average Bonchev–Trinajstić information content (AvgIpc) is 2.45. The second-order valence-electron chi connectivity index (χ2n) is 4.52. The molecule has 1 aromatic rings. The van der Waals surface area contributed by atoms with E-state index in [-0.39, 0.29) is 15.8 Å². The first-order chi connectivity index (χ1) is 9.75. The average molecular weight is 369 g/mol. The molecule has 2 unspecified atom stereocenters. The summed E-state index contributed by atoms with van der Waals surface area (Å²) in [5, 5.41) is 3.64. The Morgan fingerprint density at radius 3 is 2.57 bits per heavy atom. The maximum absolute atomic E-state index is 12.9. The third-order valence-corrected chi connectivity index (χ3v) is 9.31. The van der Waals surface area contributed by atoms with E-state index in [0.717, 1.165) is 6.42 Å². The molecule has 1 aromatic carbocycles. The number of nitrogens with zero attached hydrogens (tertiary/aromatic N) is 1. The van der Waals surface area contributed by atoms with Crippen molar-refractivity contribution in [2.75, 3.05) is 14.1 Å². The minimum absolute atomic E-state index is 0.166. The molecule has 21 heavy (non-hydrogen) atoms. The van der Waals surface area contributed by atoms with Crippen LogP contribution in [-0.2, 0) is 4.57 Å². The van der Waals surface area contributed by atoms with Gasteiger partial charge < -0.3 is 0 Å². The molecule has 0 saturated heterocycles. The maximum atomic E-state index is 12.9. The van der Waals surface area contributed by atoms with Crippen molar-refractivity contribution < 1.29 is 9.36 Å². The summed E-state index contributed by atoms with van der Waals surface area (Å²) >= 11 is 13.1. The fourth-order valence-electron chi connectivity index (χ4n) is 1.55. The van der Waals surface area contributed by atoms with Crippen molar-refractivity contribution in [3.8, 4) is 0 Å². The molecule has 2 atom stereocenters. The Labute approximate surface area is 139 Å². The van der Waals surface area contributed by atoms with Gasteiger partial charge in [-0.2, -0.15) is 0 Å². The lowest BCUT2D eigenvalue weighted by atomic mass is 10.2. The number of carbonyl (C=O) groups excluding carboxylic acids is 1. The van der Waals surface area contributed by atoms with Crippen LogP contribution in [0.1, 0.15) is 30.6 Å². The Balaban J connectivity index is 3.06. The Bertz CT molecular complexity index is 571. The van der Waals surface area contributed by atoms with E-state index >= 15 is 0 Å². The zero-order chi connectivity index (χ0) is 16.2. The van der Waals surface area contributed by atoms with Crippen LogP contribution in [0.15, 0.2) is 18.2 Å². The second-order valence-corrected chi connectivity index (χ2v) is 10.6. The highest BCUT2D eigenvalue weighted by molar-refractivity contribution is 8.57. The second kappa shape index (κ2) is 7.89. The third kappa shape index (κ3) is 4.64. The molecule has 4 nitrogen and oxygen atoms in total. The van der Waals surface area contributed by atoms with Crippen LogP contribution in [0.5, 0.6) is 0 Å². The molecule has 1 N–H and O–H groups in total. The highest BCUT2D eigenvalue weighted by atomic mass is 35.5. The van der Waals surface area contributed by atoms with E-state index in [2.05, 4.69) is 5.09 Å². The van der Waals surface area contributed by atoms with Gasteiger partial charge in [0.15, 0.2) is 0 Å². The summed E-state index contributed by atoms with van der Waals surface area (Å²) in [6.45, 7) is 0.926. The van der Waals surface area contributed by atoms with Crippen molar-refractivity contribution in [3.63, 3.8) is 0 Å². The van der Waals surface area contributed by atoms with Crippen LogP contribution >= 0.6 is 41.2 Å². The number of halogens is 2. The number of nitrogens with one attached hydrogen (secondary N) is 1. The molecular weight excluding hydrogens is 350 g/mol. The zero-order valence-corrected chi connectivity index (χ0v) is 15.6. The van der Waals surface area contributed by atoms with E-state index in [0.29, 0.717) is 5.02 Å². The molecule has 0 heterocycles. The molecule has 8 heteroatoms. The van der Waals surface area contributed by atoms with Crippen LogP contribution in [0.25, 0.3) is 0 Å². The van der Waals surface area contributed by atoms with E-state index in [1.54, 1.807) is 13.1 Å². The molecule has 0 aliphatic carbocycles. The molecule has 0 aliphatic heterocycles. The minimum Gasteiger partial charge on any atom is -0.272 e. The van der Waals surface area contributed by atoms with Gasteiger partial charge in [0.25, 0.3) is 12.6 Å². The normalized spacial score (nSPS) is 15.3. The first-order valence-electron chi connectivity index (χ1n) is 6.46. The quantitative estimate of drug-likeness (QED) is 0.723. The molecule has 0 bridgehead atoms. The number of amides is 1. The smallest absolute Gasteiger partial charge is 0.272 e. The van der Waals surface area contributed by atoms with Gasteiger partial charge in [-0.3, -0.25) is 14.0 Å². The lowest BCUT2D eigenvalue weighted by molar-refractivity contribution is 0.0882. The van der Waals surface area contributed by atoms with Crippen molar-refractivity contribution in [3.05, 3.63) is 33.8 Å². The number of carbonyl (C=O) groups is 1. The molecule has 0 fully saturated rings. The molecular formula is C13H19Cl2N2O2PS. The van der Waals surface area contributed by atoms with Gasteiger partial charge in [-0.25, -0.2) is 5.09 Å². The van der Waals surface area contributed by atoms with E-state index in [9.17, 15) is 9.36 Å². The Morgan fingerprint density at radius 1 is 1.48 bits per heavy atom. The lowest BCUT2D eigenvalue weighted by Gasteiger charge is -2.29. The van der Waals surface area contributed by atoms with Gasteiger partial charge in [0, 0.05) is 17.3 Å². The minimum atomic E-state index is -3.06. The molecule has 0 spiro atoms. The van der Waals surface area contributed by atoms with Crippen LogP contribution in [0.2, 0.25) is 10.0 Å². The largest absolute Gasteiger partial charge is 0.294 e. The fourth-order valence-corrected chi connectivity index (χ4v) is 6.44. The SMILES string of the molecule is CCC(C)SP(=O)(NC)N(C)C(=O)c1ccc(Cl)cc1Cl. The summed E-state index contributed by atoms with van der Waals surface area (Å²) in [6, 6.07) is 4.62. The molecule has 1 rings (SSSR count). The van der Waals surface area contributed by atoms with Crippen molar-refractivity contribution in [2.24, 2.45) is 0 Å². The summed E-state index contributed by atoms with van der Waals surface area (Å²) < 4.78 is 14.2. The van der Waals surface area contributed by atoms with Gasteiger partial charge in [-0.15, -0.1) is 0 Å². The van der Waals surface area contributed by atoms with E-state index < -0.39 is 12.6 Å². The molecule has 0 saturated carbocycles. The van der Waals surface area contributed by atoms with Crippen LogP contribution in [-0.4, -0.2) is 29.9 Å². The first-order valence-corrected chi connectivity index (χ1v) is 10.4. The predicted molar refractivity (Wildman–Crippen MR) is 92.6 cm³/mol. The van der Waals surface area contributed by atoms with Gasteiger partial charge in [0.2, 0.25) is 0 Å². The maximum Gasteiger partial charge on any atom is 0.294 e. The van der Waals surface area contributed by atoms with Crippen LogP contribution < -0.4 is 5.09 Å². The van der Waals surface area contributed by atoms with Gasteiger partial charge in [-0.1, -0.05) is 48.4 Å². The number of benzene rings is 1. The van der Waals surface area contributed by atoms with Crippen molar-refractivity contribution in [1.82, 2.24) is 9.76 Å². The standard InChI is InChI=1S/C13H19Cl2N2O2PS/c1-5-9(2)21-20(19,16-3)17(4)13(18)11-7-6-10(14)8-12(11)15/h6-9H,5H2,1-4H3,(H,16,19). The Kier molecular flexibility index (Phi) is 7.08. The van der Waals surface area contributed by atoms with Gasteiger partial charge >= 0.3 is 0 Å². The van der Waals surface area contributed by atoms with Crippen LogP contribution in [0.3, 0.4) is 0 Å². The van der Waals surface area contributed by atoms with E-state index in [4.69, 9.17) is 23.2 Å². The lowest BCUT2D eigenvalue weighted by Crippen LogP contribution is -2.28. The predicted octanol–water partition coefficient (Wildman–Crippen LogP) is 4.92. The summed E-state index contributed by atoms with van der Waals surface area (Å²) in [6.07, 6.45) is 0.861. The zero-order valence-electron chi connectivity index (χ0n) is 12.4. The number of hydrogen-bond donors (Lipinski definition) is 1. The van der Waals surface area contributed by atoms with Crippen LogP contribution in [0, 0.1) is 0 Å². The Morgan fingerprint density at radius 2 is 2.10 bits per heavy atom. The Hall–Kier alpha value is -0.190. The van der Waals surface area contributed by atoms with Gasteiger partial charge in [-0.05, 0) is 31.7 Å². The van der Waals surface area contributed by atoms with Crippen LogP contribution in [0.4, 0.5) is 0 Å². The molecule has 118 valence electrons. The fraction of sp³-hybridized carbons (Fsp3) is 0.462. The molecule has 1 amide bonds. The molecule has 0 aromatic heterocycles. The topological polar surface area (TPSA) is 49.4 Å². The van der Waals surface area contributed by atoms with E-state index in [1.165, 1.54) is 35.2 Å². The monoisotopic (exact) mass is 368 g/mol. The summed E-state index contributed by atoms with van der Waals surface area (Å²) in [5.74, 6) is -0.398. The number of hydrogen-bond acceptors (Lipinski definition) is 3. The summed E-state index contributed by atoms with van der Waals surface area (Å²) in [5.41, 5.74) is 0.281. The van der Waals surface area contributed by atoms with Crippen molar-refractivity contribution in [2.45, 2.75) is 25.5 Å². The highest BCUT2D eigenvalue weighted by Gasteiger charge is 2.33. The summed E-state index contributed by atoms with van der Waals surface area (Å²) in [4.78, 5) is 12.5. The van der Waals surface area contributed by atoms with Crippen molar-refractivity contribution in [1.29, 1.82) is 0 Å². The molecule has 0 radical (unpaired) electrons. The highest BCUT2D eigenvalue weighted by Crippen LogP contribution is 2.59. The first kappa shape index (κ1) is 18.9. The molecule has 0 aliphatic rings. The summed E-state index contributed by atoms with van der Waals surface area (Å²) in [7, 11) is 3.10. The number of rotatable bonds is 6. The third-order valence-electron chi connectivity index (χ3n) is 3.03. The van der Waals surface area contributed by atoms with E-state index in [1.807, 2.05) is 13.8 Å². The van der Waals surface area contributed by atoms with Crippen molar-refractivity contribution >= 4 is 47.1 Å². The van der Waals surface area contributed by atoms with Gasteiger partial charge in [0.05, 0.1) is 10.6 Å². The van der Waals surface area contributed by atoms with Gasteiger partial charge in [0.1, 0.15) is 0 Å².